The van der Waals surface area contributed by atoms with Gasteiger partial charge in [0.1, 0.15) is 5.69 Å². The van der Waals surface area contributed by atoms with Crippen molar-refractivity contribution < 1.29 is 0 Å². The zero-order valence-electron chi connectivity index (χ0n) is 10.7. The summed E-state index contributed by atoms with van der Waals surface area (Å²) < 4.78 is 0. The lowest BCUT2D eigenvalue weighted by Crippen LogP contribution is -2.20. The number of anilines is 2. The molecule has 0 aromatic heterocycles. The van der Waals surface area contributed by atoms with Gasteiger partial charge in [-0.15, -0.1) is 0 Å². The van der Waals surface area contributed by atoms with Gasteiger partial charge in [-0.25, -0.2) is 5.01 Å². The average Bonchev–Trinajstić information content (AvgIpc) is 2.37. The van der Waals surface area contributed by atoms with Crippen molar-refractivity contribution in [3.63, 3.8) is 0 Å². The van der Waals surface area contributed by atoms with Gasteiger partial charge in [-0.05, 0) is 30.7 Å². The second-order valence-corrected chi connectivity index (χ2v) is 5.92. The third kappa shape index (κ3) is 2.39. The van der Waals surface area contributed by atoms with E-state index >= 15 is 0 Å². The van der Waals surface area contributed by atoms with Crippen LogP contribution in [0.4, 0.5) is 11.4 Å². The number of rotatable bonds is 1. The minimum absolute atomic E-state index is 0.482. The first-order chi connectivity index (χ1) is 9.56. The maximum Gasteiger partial charge on any atom is 0.103 e. The quantitative estimate of drug-likeness (QED) is 0.655. The molecule has 20 heavy (non-hydrogen) atoms. The van der Waals surface area contributed by atoms with E-state index in [-0.39, 0.29) is 0 Å². The monoisotopic (exact) mass is 324 g/mol. The van der Waals surface area contributed by atoms with Crippen molar-refractivity contribution in [1.82, 2.24) is 0 Å². The molecule has 0 radical (unpaired) electrons. The highest BCUT2D eigenvalue weighted by molar-refractivity contribution is 6.42. The van der Waals surface area contributed by atoms with Gasteiger partial charge in [0.2, 0.25) is 0 Å². The van der Waals surface area contributed by atoms with Crippen molar-refractivity contribution in [3.05, 3.63) is 57.0 Å². The Labute approximate surface area is 132 Å². The molecule has 2 nitrogen and oxygen atoms in total. The number of nitrogens with zero attached hydrogens (tertiary/aromatic N) is 2. The smallest absolute Gasteiger partial charge is 0.103 e. The van der Waals surface area contributed by atoms with Gasteiger partial charge in [0, 0.05) is 17.2 Å². The van der Waals surface area contributed by atoms with Crippen LogP contribution in [0.5, 0.6) is 0 Å². The molecular formula is C15H11Cl3N2. The van der Waals surface area contributed by atoms with Crippen LogP contribution >= 0.6 is 34.8 Å². The predicted octanol–water partition coefficient (Wildman–Crippen LogP) is 5.72. The van der Waals surface area contributed by atoms with Crippen molar-refractivity contribution in [2.24, 2.45) is 5.10 Å². The van der Waals surface area contributed by atoms with E-state index in [0.717, 1.165) is 17.8 Å². The summed E-state index contributed by atoms with van der Waals surface area (Å²) in [5.41, 5.74) is 3.85. The Hall–Kier alpha value is -1.22. The number of hydrogen-bond donors (Lipinski definition) is 0. The van der Waals surface area contributed by atoms with E-state index in [9.17, 15) is 0 Å². The van der Waals surface area contributed by atoms with Crippen LogP contribution in [0.3, 0.4) is 0 Å². The van der Waals surface area contributed by atoms with E-state index in [1.54, 1.807) is 17.1 Å². The number of fused-ring (bicyclic) bond motifs is 1. The molecule has 1 aliphatic heterocycles. The Morgan fingerprint density at radius 3 is 2.40 bits per heavy atom. The summed E-state index contributed by atoms with van der Waals surface area (Å²) in [5, 5.41) is 7.84. The van der Waals surface area contributed by atoms with Crippen LogP contribution in [-0.4, -0.2) is 5.71 Å². The van der Waals surface area contributed by atoms with Gasteiger partial charge in [-0.3, -0.25) is 0 Å². The van der Waals surface area contributed by atoms with Crippen molar-refractivity contribution in [2.75, 3.05) is 5.01 Å². The Balaban J connectivity index is 2.21. The lowest BCUT2D eigenvalue weighted by atomic mass is 10.0. The van der Waals surface area contributed by atoms with Crippen LogP contribution in [0.2, 0.25) is 15.1 Å². The third-order valence-corrected chi connectivity index (χ3v) is 3.92. The zero-order valence-corrected chi connectivity index (χ0v) is 13.0. The molecule has 3 rings (SSSR count). The summed E-state index contributed by atoms with van der Waals surface area (Å²) >= 11 is 18.6. The van der Waals surface area contributed by atoms with E-state index in [2.05, 4.69) is 11.2 Å². The third-order valence-electron chi connectivity index (χ3n) is 3.13. The van der Waals surface area contributed by atoms with Crippen molar-refractivity contribution in [3.8, 4) is 0 Å². The summed E-state index contributed by atoms with van der Waals surface area (Å²) in [7, 11) is 0. The molecule has 0 N–H and O–H groups in total. The minimum atomic E-state index is 0.482. The Kier molecular flexibility index (Phi) is 3.63. The van der Waals surface area contributed by atoms with E-state index in [1.165, 1.54) is 5.56 Å². The highest BCUT2D eigenvalue weighted by Crippen LogP contribution is 2.42. The molecule has 0 atom stereocenters. The lowest BCUT2D eigenvalue weighted by molar-refractivity contribution is 1.01. The summed E-state index contributed by atoms with van der Waals surface area (Å²) in [6.07, 6.45) is 0.829. The first-order valence-corrected chi connectivity index (χ1v) is 7.26. The van der Waals surface area contributed by atoms with Crippen LogP contribution in [-0.2, 0) is 6.42 Å². The summed E-state index contributed by atoms with van der Waals surface area (Å²) in [5.74, 6) is 0. The Morgan fingerprint density at radius 1 is 1.05 bits per heavy atom. The highest BCUT2D eigenvalue weighted by Gasteiger charge is 2.22. The number of hydrogen-bond acceptors (Lipinski definition) is 2. The predicted molar refractivity (Wildman–Crippen MR) is 86.9 cm³/mol. The van der Waals surface area contributed by atoms with Gasteiger partial charge in [-0.1, -0.05) is 53.0 Å². The minimum Gasteiger partial charge on any atom is -0.230 e. The van der Waals surface area contributed by atoms with Crippen molar-refractivity contribution >= 4 is 51.9 Å². The van der Waals surface area contributed by atoms with Crippen LogP contribution in [0, 0.1) is 0 Å². The molecular weight excluding hydrogens is 315 g/mol. The van der Waals surface area contributed by atoms with Gasteiger partial charge in [0.05, 0.1) is 15.7 Å². The second kappa shape index (κ2) is 5.28. The van der Waals surface area contributed by atoms with Gasteiger partial charge < -0.3 is 0 Å². The number of benzene rings is 2. The number of para-hydroxylation sites is 1. The van der Waals surface area contributed by atoms with E-state index in [1.807, 2.05) is 25.1 Å². The van der Waals surface area contributed by atoms with Gasteiger partial charge >= 0.3 is 0 Å². The Morgan fingerprint density at radius 2 is 1.70 bits per heavy atom. The molecule has 1 aliphatic rings. The second-order valence-electron chi connectivity index (χ2n) is 4.67. The van der Waals surface area contributed by atoms with E-state index in [0.29, 0.717) is 20.8 Å². The number of hydrazone groups is 1. The van der Waals surface area contributed by atoms with Crippen LogP contribution in [0.1, 0.15) is 12.5 Å². The average molecular weight is 326 g/mol. The van der Waals surface area contributed by atoms with Crippen molar-refractivity contribution in [2.45, 2.75) is 13.3 Å². The zero-order chi connectivity index (χ0) is 14.3. The molecule has 0 bridgehead atoms. The Bertz CT molecular complexity index is 687. The maximum atomic E-state index is 6.30. The lowest BCUT2D eigenvalue weighted by Gasteiger charge is -2.28. The number of halogens is 3. The molecule has 102 valence electrons. The molecule has 2 aromatic carbocycles. The maximum absolute atomic E-state index is 6.30. The summed E-state index contributed by atoms with van der Waals surface area (Å²) in [6.45, 7) is 1.99. The summed E-state index contributed by atoms with van der Waals surface area (Å²) in [6, 6.07) is 11.4. The topological polar surface area (TPSA) is 15.6 Å². The largest absolute Gasteiger partial charge is 0.230 e. The molecule has 0 unspecified atom stereocenters. The van der Waals surface area contributed by atoms with Crippen LogP contribution in [0.15, 0.2) is 41.5 Å². The van der Waals surface area contributed by atoms with E-state index < -0.39 is 0 Å². The molecule has 1 heterocycles. The fraction of sp³-hybridized carbons (Fsp3) is 0.133. The molecule has 0 saturated heterocycles. The highest BCUT2D eigenvalue weighted by atomic mass is 35.5. The summed E-state index contributed by atoms with van der Waals surface area (Å²) in [4.78, 5) is 0. The normalized spacial score (nSPS) is 14.0. The molecule has 5 heteroatoms. The molecule has 0 aliphatic carbocycles. The fourth-order valence-electron chi connectivity index (χ4n) is 2.31. The van der Waals surface area contributed by atoms with E-state index in [4.69, 9.17) is 34.8 Å². The molecule has 2 aromatic rings. The molecule has 0 fully saturated rings. The first kappa shape index (κ1) is 13.7. The van der Waals surface area contributed by atoms with Gasteiger partial charge in [0.15, 0.2) is 0 Å². The first-order valence-electron chi connectivity index (χ1n) is 6.13. The van der Waals surface area contributed by atoms with Crippen LogP contribution in [0.25, 0.3) is 0 Å². The van der Waals surface area contributed by atoms with Gasteiger partial charge in [-0.2, -0.15) is 5.10 Å². The van der Waals surface area contributed by atoms with Crippen LogP contribution < -0.4 is 5.01 Å². The molecule has 0 spiro atoms. The fourth-order valence-corrected chi connectivity index (χ4v) is 3.29. The van der Waals surface area contributed by atoms with Crippen molar-refractivity contribution in [1.29, 1.82) is 0 Å². The SMILES string of the molecule is CC1=NN(c2c(Cl)cc(Cl)cc2Cl)c2ccccc2C1. The van der Waals surface area contributed by atoms with Gasteiger partial charge in [0.25, 0.3) is 0 Å². The molecule has 0 saturated carbocycles. The standard InChI is InChI=1S/C15H11Cl3N2/c1-9-6-10-4-2-3-5-14(10)20(19-9)15-12(17)7-11(16)8-13(15)18/h2-5,7-8H,6H2,1H3. The molecule has 0 amide bonds.